The van der Waals surface area contributed by atoms with Crippen molar-refractivity contribution < 1.29 is 19.7 Å². The van der Waals surface area contributed by atoms with Crippen molar-refractivity contribution in [2.75, 3.05) is 13.2 Å². The second-order valence-corrected chi connectivity index (χ2v) is 4.19. The molecule has 0 spiro atoms. The van der Waals surface area contributed by atoms with Crippen LogP contribution in [0.1, 0.15) is 10.5 Å². The summed E-state index contributed by atoms with van der Waals surface area (Å²) in [5.41, 5.74) is 0.782. The number of halogens is 1. The summed E-state index contributed by atoms with van der Waals surface area (Å²) in [5.74, 6) is -0.442. The number of fused-ring (bicyclic) bond motifs is 1. The molecule has 17 heavy (non-hydrogen) atoms. The summed E-state index contributed by atoms with van der Waals surface area (Å²) in [5, 5.41) is 18.4. The van der Waals surface area contributed by atoms with Gasteiger partial charge in [-0.05, 0) is 28.1 Å². The third-order valence-electron chi connectivity index (χ3n) is 2.28. The number of aromatic carboxylic acids is 1. The SMILES string of the molecule is O=C(O)c1[nH]c2cc(OCCO)ccc2c1Br. The van der Waals surface area contributed by atoms with E-state index in [1.54, 1.807) is 18.2 Å². The van der Waals surface area contributed by atoms with Crippen LogP contribution in [0.3, 0.4) is 0 Å². The fourth-order valence-electron chi connectivity index (χ4n) is 1.54. The molecule has 1 aromatic heterocycles. The van der Waals surface area contributed by atoms with Crippen LogP contribution in [0.4, 0.5) is 0 Å². The van der Waals surface area contributed by atoms with Gasteiger partial charge in [-0.25, -0.2) is 4.79 Å². The lowest BCUT2D eigenvalue weighted by atomic mass is 10.2. The van der Waals surface area contributed by atoms with Gasteiger partial charge in [0.05, 0.1) is 16.6 Å². The molecule has 0 saturated heterocycles. The first-order valence-electron chi connectivity index (χ1n) is 4.91. The number of nitrogens with one attached hydrogen (secondary N) is 1. The van der Waals surface area contributed by atoms with Gasteiger partial charge in [0.25, 0.3) is 0 Å². The Morgan fingerprint density at radius 3 is 2.88 bits per heavy atom. The largest absolute Gasteiger partial charge is 0.491 e. The molecule has 0 aliphatic heterocycles. The Morgan fingerprint density at radius 1 is 1.47 bits per heavy atom. The van der Waals surface area contributed by atoms with Crippen LogP contribution in [0.2, 0.25) is 0 Å². The van der Waals surface area contributed by atoms with Crippen molar-refractivity contribution >= 4 is 32.8 Å². The quantitative estimate of drug-likeness (QED) is 0.806. The Bertz CT molecular complexity index is 564. The minimum atomic E-state index is -1.02. The van der Waals surface area contributed by atoms with Gasteiger partial charge in [0.1, 0.15) is 18.1 Å². The minimum Gasteiger partial charge on any atom is -0.491 e. The van der Waals surface area contributed by atoms with E-state index in [0.717, 1.165) is 5.39 Å². The molecule has 90 valence electrons. The Kier molecular flexibility index (Phi) is 3.35. The van der Waals surface area contributed by atoms with Crippen LogP contribution >= 0.6 is 15.9 Å². The number of aromatic amines is 1. The summed E-state index contributed by atoms with van der Waals surface area (Å²) in [6.07, 6.45) is 0. The van der Waals surface area contributed by atoms with Crippen LogP contribution in [0.5, 0.6) is 5.75 Å². The standard InChI is InChI=1S/C11H10BrNO4/c12-9-7-2-1-6(17-4-3-14)5-8(7)13-10(9)11(15)16/h1-2,5,13-14H,3-4H2,(H,15,16). The number of carbonyl (C=O) groups is 1. The van der Waals surface area contributed by atoms with Crippen LogP contribution < -0.4 is 4.74 Å². The first-order chi connectivity index (χ1) is 8.13. The highest BCUT2D eigenvalue weighted by Crippen LogP contribution is 2.30. The zero-order valence-corrected chi connectivity index (χ0v) is 10.3. The molecule has 6 heteroatoms. The number of ether oxygens (including phenoxy) is 1. The number of aliphatic hydroxyl groups excluding tert-OH is 1. The van der Waals surface area contributed by atoms with Gasteiger partial charge in [0, 0.05) is 11.5 Å². The van der Waals surface area contributed by atoms with Crippen molar-refractivity contribution in [3.63, 3.8) is 0 Å². The Hall–Kier alpha value is -1.53. The van der Waals surface area contributed by atoms with E-state index in [0.29, 0.717) is 15.7 Å². The summed E-state index contributed by atoms with van der Waals surface area (Å²) >= 11 is 3.24. The van der Waals surface area contributed by atoms with Crippen LogP contribution in [0.15, 0.2) is 22.7 Å². The molecule has 0 atom stereocenters. The van der Waals surface area contributed by atoms with Gasteiger partial charge >= 0.3 is 5.97 Å². The molecule has 0 radical (unpaired) electrons. The molecule has 0 fully saturated rings. The maximum Gasteiger partial charge on any atom is 0.353 e. The fraction of sp³-hybridized carbons (Fsp3) is 0.182. The lowest BCUT2D eigenvalue weighted by Crippen LogP contribution is -2.01. The third kappa shape index (κ3) is 2.27. The van der Waals surface area contributed by atoms with Crippen molar-refractivity contribution in [3.8, 4) is 5.75 Å². The van der Waals surface area contributed by atoms with Crippen LogP contribution in [0, 0.1) is 0 Å². The molecule has 1 aromatic carbocycles. The number of H-pyrrole nitrogens is 1. The molecule has 2 rings (SSSR count). The number of hydrogen-bond donors (Lipinski definition) is 3. The number of rotatable bonds is 4. The van der Waals surface area contributed by atoms with Crippen LogP contribution in [0.25, 0.3) is 10.9 Å². The van der Waals surface area contributed by atoms with E-state index in [-0.39, 0.29) is 18.9 Å². The van der Waals surface area contributed by atoms with Gasteiger partial charge in [-0.1, -0.05) is 0 Å². The van der Waals surface area contributed by atoms with E-state index in [1.165, 1.54) is 0 Å². The molecule has 0 aliphatic rings. The number of hydrogen-bond acceptors (Lipinski definition) is 3. The van der Waals surface area contributed by atoms with Gasteiger partial charge in [0.2, 0.25) is 0 Å². The molecular formula is C11H10BrNO4. The average molecular weight is 300 g/mol. The van der Waals surface area contributed by atoms with Crippen LogP contribution in [-0.2, 0) is 0 Å². The molecule has 0 aliphatic carbocycles. The predicted molar refractivity (Wildman–Crippen MR) is 65.5 cm³/mol. The molecule has 5 nitrogen and oxygen atoms in total. The van der Waals surface area contributed by atoms with E-state index in [4.69, 9.17) is 14.9 Å². The van der Waals surface area contributed by atoms with Gasteiger partial charge in [-0.2, -0.15) is 0 Å². The lowest BCUT2D eigenvalue weighted by Gasteiger charge is -2.03. The van der Waals surface area contributed by atoms with Gasteiger partial charge < -0.3 is 19.9 Å². The number of carboxylic acid groups (broad SMARTS) is 1. The molecular weight excluding hydrogens is 290 g/mol. The molecule has 2 aromatic rings. The van der Waals surface area contributed by atoms with Gasteiger partial charge in [0.15, 0.2) is 0 Å². The highest BCUT2D eigenvalue weighted by atomic mass is 79.9. The van der Waals surface area contributed by atoms with Crippen molar-refractivity contribution in [3.05, 3.63) is 28.4 Å². The summed E-state index contributed by atoms with van der Waals surface area (Å²) in [6, 6.07) is 5.18. The summed E-state index contributed by atoms with van der Waals surface area (Å²) < 4.78 is 5.76. The molecule has 1 heterocycles. The Labute approximate surface area is 105 Å². The topological polar surface area (TPSA) is 82.5 Å². The number of benzene rings is 1. The lowest BCUT2D eigenvalue weighted by molar-refractivity contribution is 0.0690. The normalized spacial score (nSPS) is 10.7. The summed E-state index contributed by atoms with van der Waals surface area (Å²) in [4.78, 5) is 13.7. The van der Waals surface area contributed by atoms with E-state index in [1.807, 2.05) is 0 Å². The second-order valence-electron chi connectivity index (χ2n) is 3.40. The van der Waals surface area contributed by atoms with Crippen molar-refractivity contribution in [1.29, 1.82) is 0 Å². The van der Waals surface area contributed by atoms with Crippen molar-refractivity contribution in [1.82, 2.24) is 4.98 Å². The maximum atomic E-state index is 10.9. The fourth-order valence-corrected chi connectivity index (χ4v) is 2.16. The van der Waals surface area contributed by atoms with E-state index in [9.17, 15) is 4.79 Å². The highest BCUT2D eigenvalue weighted by Gasteiger charge is 2.15. The van der Waals surface area contributed by atoms with Gasteiger partial charge in [-0.15, -0.1) is 0 Å². The van der Waals surface area contributed by atoms with Crippen molar-refractivity contribution in [2.24, 2.45) is 0 Å². The van der Waals surface area contributed by atoms with E-state index >= 15 is 0 Å². The average Bonchev–Trinajstić information content (AvgIpc) is 2.64. The third-order valence-corrected chi connectivity index (χ3v) is 3.10. The first kappa shape index (κ1) is 11.9. The summed E-state index contributed by atoms with van der Waals surface area (Å²) in [7, 11) is 0. The number of carboxylic acids is 1. The van der Waals surface area contributed by atoms with Crippen molar-refractivity contribution in [2.45, 2.75) is 0 Å². The monoisotopic (exact) mass is 299 g/mol. The molecule has 0 bridgehead atoms. The molecule has 0 unspecified atom stereocenters. The molecule has 3 N–H and O–H groups in total. The second kappa shape index (κ2) is 4.77. The number of aliphatic hydroxyl groups is 1. The first-order valence-corrected chi connectivity index (χ1v) is 5.71. The number of aromatic nitrogens is 1. The zero-order chi connectivity index (χ0) is 12.4. The predicted octanol–water partition coefficient (Wildman–Crippen LogP) is 2.00. The van der Waals surface area contributed by atoms with E-state index in [2.05, 4.69) is 20.9 Å². The summed E-state index contributed by atoms with van der Waals surface area (Å²) in [6.45, 7) is 0.145. The smallest absolute Gasteiger partial charge is 0.353 e. The molecule has 0 saturated carbocycles. The highest BCUT2D eigenvalue weighted by molar-refractivity contribution is 9.10. The maximum absolute atomic E-state index is 10.9. The molecule has 0 amide bonds. The Balaban J connectivity index is 2.44. The Morgan fingerprint density at radius 2 is 2.24 bits per heavy atom. The zero-order valence-electron chi connectivity index (χ0n) is 8.74. The minimum absolute atomic E-state index is 0.0627. The van der Waals surface area contributed by atoms with E-state index < -0.39 is 5.97 Å². The van der Waals surface area contributed by atoms with Gasteiger partial charge in [-0.3, -0.25) is 0 Å². The van der Waals surface area contributed by atoms with Crippen LogP contribution in [-0.4, -0.2) is 34.4 Å².